The van der Waals surface area contributed by atoms with E-state index in [1.807, 2.05) is 0 Å². The molecule has 0 aromatic rings. The molecule has 5 heteroatoms. The van der Waals surface area contributed by atoms with E-state index in [0.29, 0.717) is 6.42 Å². The maximum absolute atomic E-state index is 11.5. The molecular weight excluding hydrogens is 260 g/mol. The molecule has 0 aliphatic carbocycles. The van der Waals surface area contributed by atoms with Gasteiger partial charge in [0.05, 0.1) is 6.61 Å². The van der Waals surface area contributed by atoms with Crippen LogP contribution in [0.5, 0.6) is 0 Å². The lowest BCUT2D eigenvalue weighted by atomic mass is 10.1. The fourth-order valence-corrected chi connectivity index (χ4v) is 1.71. The predicted octanol–water partition coefficient (Wildman–Crippen LogP) is 2.59. The van der Waals surface area contributed by atoms with E-state index in [1.165, 1.54) is 19.3 Å². The lowest BCUT2D eigenvalue weighted by Crippen LogP contribution is -2.28. The van der Waals surface area contributed by atoms with E-state index in [9.17, 15) is 9.59 Å². The fourth-order valence-electron chi connectivity index (χ4n) is 1.71. The topological polar surface area (TPSA) is 72.8 Å². The maximum atomic E-state index is 11.5. The van der Waals surface area contributed by atoms with Crippen LogP contribution in [0.1, 0.15) is 65.2 Å². The first-order valence-corrected chi connectivity index (χ1v) is 7.59. The van der Waals surface area contributed by atoms with Crippen LogP contribution in [0, 0.1) is 0 Å². The Morgan fingerprint density at radius 1 is 1.00 bits per heavy atom. The Hall–Kier alpha value is -1.10. The minimum absolute atomic E-state index is 0.0780. The molecule has 0 aromatic carbocycles. The Balaban J connectivity index is 3.67. The first kappa shape index (κ1) is 18.9. The number of carbonyl (C=O) groups is 2. The van der Waals surface area contributed by atoms with Gasteiger partial charge in [0.2, 0.25) is 0 Å². The van der Waals surface area contributed by atoms with Crippen molar-refractivity contribution in [2.75, 3.05) is 13.2 Å². The van der Waals surface area contributed by atoms with Crippen LogP contribution in [0.4, 0.5) is 0 Å². The van der Waals surface area contributed by atoms with Gasteiger partial charge in [0.25, 0.3) is 0 Å². The highest BCUT2D eigenvalue weighted by molar-refractivity contribution is 5.70. The summed E-state index contributed by atoms with van der Waals surface area (Å²) in [5, 5.41) is 9.06. The molecule has 1 atom stereocenters. The minimum Gasteiger partial charge on any atom is -0.462 e. The average molecular weight is 288 g/mol. The number of hydrogen-bond donors (Lipinski definition) is 1. The smallest absolute Gasteiger partial charge is 0.306 e. The zero-order valence-corrected chi connectivity index (χ0v) is 12.7. The van der Waals surface area contributed by atoms with Crippen molar-refractivity contribution in [1.82, 2.24) is 0 Å². The van der Waals surface area contributed by atoms with Gasteiger partial charge in [0, 0.05) is 12.8 Å². The standard InChI is InChI=1S/C15H28O5/c1-3-5-6-7-8-9-10-15(18)20-13(11-16)12-19-14(17)4-2/h13,16H,3-12H2,1-2H3. The SMILES string of the molecule is CCCCCCCCC(=O)OC(CO)COC(=O)CC. The number of unbranched alkanes of at least 4 members (excludes halogenated alkanes) is 5. The van der Waals surface area contributed by atoms with Crippen molar-refractivity contribution in [3.8, 4) is 0 Å². The van der Waals surface area contributed by atoms with E-state index in [-0.39, 0.29) is 31.6 Å². The predicted molar refractivity (Wildman–Crippen MR) is 76.2 cm³/mol. The van der Waals surface area contributed by atoms with E-state index >= 15 is 0 Å². The highest BCUT2D eigenvalue weighted by Crippen LogP contribution is 2.08. The molecule has 0 amide bonds. The van der Waals surface area contributed by atoms with Gasteiger partial charge in [0.15, 0.2) is 6.10 Å². The molecule has 0 fully saturated rings. The van der Waals surface area contributed by atoms with E-state index in [2.05, 4.69) is 6.92 Å². The van der Waals surface area contributed by atoms with Crippen LogP contribution in [-0.2, 0) is 19.1 Å². The summed E-state index contributed by atoms with van der Waals surface area (Å²) in [6.45, 7) is 3.43. The Kier molecular flexibility index (Phi) is 12.2. The molecule has 0 rings (SSSR count). The Labute approximate surface area is 121 Å². The second kappa shape index (κ2) is 12.9. The molecule has 0 heterocycles. The van der Waals surface area contributed by atoms with Gasteiger partial charge in [-0.15, -0.1) is 0 Å². The van der Waals surface area contributed by atoms with Gasteiger partial charge in [-0.2, -0.15) is 0 Å². The molecule has 0 radical (unpaired) electrons. The van der Waals surface area contributed by atoms with Crippen molar-refractivity contribution in [3.63, 3.8) is 0 Å². The molecule has 118 valence electrons. The van der Waals surface area contributed by atoms with Crippen LogP contribution in [0.3, 0.4) is 0 Å². The fraction of sp³-hybridized carbons (Fsp3) is 0.867. The molecule has 20 heavy (non-hydrogen) atoms. The summed E-state index contributed by atoms with van der Waals surface area (Å²) in [5.74, 6) is -0.706. The number of ether oxygens (including phenoxy) is 2. The summed E-state index contributed by atoms with van der Waals surface area (Å²) >= 11 is 0. The minimum atomic E-state index is -0.752. The summed E-state index contributed by atoms with van der Waals surface area (Å²) < 4.78 is 9.89. The van der Waals surface area contributed by atoms with Crippen molar-refractivity contribution >= 4 is 11.9 Å². The van der Waals surface area contributed by atoms with Crippen LogP contribution in [0.2, 0.25) is 0 Å². The zero-order valence-electron chi connectivity index (χ0n) is 12.7. The van der Waals surface area contributed by atoms with Crippen LogP contribution in [0.25, 0.3) is 0 Å². The summed E-state index contributed by atoms with van der Waals surface area (Å²) in [4.78, 5) is 22.5. The molecule has 1 N–H and O–H groups in total. The molecule has 0 saturated heterocycles. The van der Waals surface area contributed by atoms with Gasteiger partial charge in [-0.05, 0) is 6.42 Å². The maximum Gasteiger partial charge on any atom is 0.306 e. The molecule has 0 spiro atoms. The second-order valence-electron chi connectivity index (χ2n) is 4.85. The van der Waals surface area contributed by atoms with Gasteiger partial charge < -0.3 is 14.6 Å². The largest absolute Gasteiger partial charge is 0.462 e. The summed E-state index contributed by atoms with van der Waals surface area (Å²) in [5.41, 5.74) is 0. The molecule has 0 aromatic heterocycles. The number of aliphatic hydroxyl groups is 1. The monoisotopic (exact) mass is 288 g/mol. The van der Waals surface area contributed by atoms with E-state index in [4.69, 9.17) is 14.6 Å². The van der Waals surface area contributed by atoms with Crippen molar-refractivity contribution < 1.29 is 24.2 Å². The van der Waals surface area contributed by atoms with Crippen molar-refractivity contribution in [2.45, 2.75) is 71.3 Å². The van der Waals surface area contributed by atoms with Gasteiger partial charge in [-0.3, -0.25) is 9.59 Å². The Morgan fingerprint density at radius 2 is 1.65 bits per heavy atom. The first-order valence-electron chi connectivity index (χ1n) is 7.59. The van der Waals surface area contributed by atoms with Gasteiger partial charge in [-0.25, -0.2) is 0 Å². The summed E-state index contributed by atoms with van der Waals surface area (Å²) in [6.07, 6.45) is 6.47. The quantitative estimate of drug-likeness (QED) is 0.441. The van der Waals surface area contributed by atoms with Crippen LogP contribution in [-0.4, -0.2) is 36.4 Å². The molecule has 0 aliphatic heterocycles. The van der Waals surface area contributed by atoms with E-state index in [0.717, 1.165) is 19.3 Å². The number of aliphatic hydroxyl groups excluding tert-OH is 1. The summed E-state index contributed by atoms with van der Waals surface area (Å²) in [7, 11) is 0. The van der Waals surface area contributed by atoms with E-state index < -0.39 is 6.10 Å². The zero-order chi connectivity index (χ0) is 15.2. The number of rotatable bonds is 12. The molecule has 0 aliphatic rings. The van der Waals surface area contributed by atoms with Crippen LogP contribution >= 0.6 is 0 Å². The summed E-state index contributed by atoms with van der Waals surface area (Å²) in [6, 6.07) is 0. The highest BCUT2D eigenvalue weighted by atomic mass is 16.6. The third-order valence-electron chi connectivity index (χ3n) is 2.96. The number of carbonyl (C=O) groups excluding carboxylic acids is 2. The van der Waals surface area contributed by atoms with Crippen molar-refractivity contribution in [1.29, 1.82) is 0 Å². The lowest BCUT2D eigenvalue weighted by Gasteiger charge is -2.15. The number of esters is 2. The third kappa shape index (κ3) is 10.8. The van der Waals surface area contributed by atoms with Gasteiger partial charge in [-0.1, -0.05) is 46.0 Å². The Morgan fingerprint density at radius 3 is 2.25 bits per heavy atom. The molecule has 1 unspecified atom stereocenters. The van der Waals surface area contributed by atoms with Crippen LogP contribution in [0.15, 0.2) is 0 Å². The van der Waals surface area contributed by atoms with Crippen molar-refractivity contribution in [3.05, 3.63) is 0 Å². The highest BCUT2D eigenvalue weighted by Gasteiger charge is 2.15. The lowest BCUT2D eigenvalue weighted by molar-refractivity contribution is -0.161. The second-order valence-corrected chi connectivity index (χ2v) is 4.85. The molecular formula is C15H28O5. The average Bonchev–Trinajstić information content (AvgIpc) is 2.46. The van der Waals surface area contributed by atoms with Gasteiger partial charge in [0.1, 0.15) is 6.61 Å². The van der Waals surface area contributed by atoms with Crippen LogP contribution < -0.4 is 0 Å². The normalized spacial score (nSPS) is 11.9. The Bertz CT molecular complexity index is 265. The number of hydrogen-bond acceptors (Lipinski definition) is 5. The molecule has 0 saturated carbocycles. The molecule has 5 nitrogen and oxygen atoms in total. The van der Waals surface area contributed by atoms with Crippen molar-refractivity contribution in [2.24, 2.45) is 0 Å². The van der Waals surface area contributed by atoms with Gasteiger partial charge >= 0.3 is 11.9 Å². The third-order valence-corrected chi connectivity index (χ3v) is 2.96. The molecule has 0 bridgehead atoms. The first-order chi connectivity index (χ1) is 9.63. The van der Waals surface area contributed by atoms with E-state index in [1.54, 1.807) is 6.92 Å².